The zero-order valence-corrected chi connectivity index (χ0v) is 11.0. The number of nitrogens with zero attached hydrogens (tertiary/aromatic N) is 2. The van der Waals surface area contributed by atoms with Crippen molar-refractivity contribution in [3.05, 3.63) is 37.6 Å². The molecule has 0 aliphatic carbocycles. The Kier molecular flexibility index (Phi) is 22.3. The van der Waals surface area contributed by atoms with Gasteiger partial charge in [-0.3, -0.25) is 9.97 Å². The molecule has 1 rings (SSSR count). The van der Waals surface area contributed by atoms with Crippen LogP contribution in [-0.4, -0.2) is 24.9 Å². The van der Waals surface area contributed by atoms with E-state index in [-0.39, 0.29) is 17.1 Å². The molecule has 2 atom stereocenters. The third kappa shape index (κ3) is 31.3. The van der Waals surface area contributed by atoms with E-state index in [0.717, 1.165) is 6.26 Å². The second-order valence-electron chi connectivity index (χ2n) is 1.63. The summed E-state index contributed by atoms with van der Waals surface area (Å²) in [5.74, 6) is 0. The fourth-order valence-corrected chi connectivity index (χ4v) is 0.791. The van der Waals surface area contributed by atoms with E-state index in [9.17, 15) is 9.13 Å². The number of hydrogen-bond donors (Lipinski definition) is 3. The summed E-state index contributed by atoms with van der Waals surface area (Å²) in [6.07, 6.45) is 7.31. The first kappa shape index (κ1) is 21.5. The Morgan fingerprint density at radius 1 is 1.06 bits per heavy atom. The average Bonchev–Trinajstić information content (AvgIpc) is 2.20. The smallest absolute Gasteiger partial charge is 0.516 e. The third-order valence-electron chi connectivity index (χ3n) is 0.617. The van der Waals surface area contributed by atoms with Crippen LogP contribution in [0, 0.1) is 0 Å². The van der Waals surface area contributed by atoms with Gasteiger partial charge in [-0.1, -0.05) is 6.58 Å². The van der Waals surface area contributed by atoms with Gasteiger partial charge in [0.1, 0.15) is 0 Å². The van der Waals surface area contributed by atoms with Crippen molar-refractivity contribution in [3.8, 4) is 0 Å². The van der Waals surface area contributed by atoms with Gasteiger partial charge < -0.3 is 5.11 Å². The molecule has 1 aromatic heterocycles. The summed E-state index contributed by atoms with van der Waals surface area (Å²) in [6.45, 7) is 2.92. The van der Waals surface area contributed by atoms with E-state index in [1.807, 2.05) is 0 Å². The van der Waals surface area contributed by atoms with Gasteiger partial charge in [-0.25, -0.2) is 0 Å². The molecule has 2 unspecified atom stereocenters. The second-order valence-corrected chi connectivity index (χ2v) is 3.24. The van der Waals surface area contributed by atoms with Crippen LogP contribution < -0.4 is 0 Å². The van der Waals surface area contributed by atoms with Crippen molar-refractivity contribution in [2.24, 2.45) is 0 Å². The van der Waals surface area contributed by atoms with Gasteiger partial charge in [0.15, 0.2) is 4.31 Å². The summed E-state index contributed by atoms with van der Waals surface area (Å²) in [4.78, 5) is 22.8. The van der Waals surface area contributed by atoms with Crippen molar-refractivity contribution in [1.82, 2.24) is 9.97 Å². The first-order valence-corrected chi connectivity index (χ1v) is 5.76. The fraction of sp³-hybridized carbons (Fsp3) is 0. The summed E-state index contributed by atoms with van der Waals surface area (Å²) in [5.41, 5.74) is 0. The maximum atomic E-state index is 9.39. The van der Waals surface area contributed by atoms with E-state index in [1.54, 1.807) is 24.8 Å². The van der Waals surface area contributed by atoms with Crippen LogP contribution in [0.15, 0.2) is 37.6 Å². The van der Waals surface area contributed by atoms with Crippen LogP contribution in [0.1, 0.15) is 0 Å². The Morgan fingerprint density at radius 2 is 1.29 bits per heavy atom. The van der Waals surface area contributed by atoms with Gasteiger partial charge in [-0.2, -0.15) is 0 Å². The van der Waals surface area contributed by atoms with Gasteiger partial charge in [-0.15, -0.1) is 9.79 Å². The molecule has 0 saturated heterocycles. The molecule has 99 valence electrons. The number of aliphatic hydroxyl groups excluding tert-OH is 1. The molecule has 0 saturated carbocycles. The number of hydrogen-bond acceptors (Lipinski definition) is 6. The van der Waals surface area contributed by atoms with Crippen LogP contribution in [0.4, 0.5) is 0 Å². The Balaban J connectivity index is -0.000000180. The summed E-state index contributed by atoms with van der Waals surface area (Å²) in [7, 11) is -5.85. The first-order chi connectivity index (χ1) is 7.54. The molecular weight excluding hydrogens is 322 g/mol. The van der Waals surface area contributed by atoms with E-state index >= 15 is 0 Å². The van der Waals surface area contributed by atoms with E-state index < -0.39 is 16.5 Å². The van der Waals surface area contributed by atoms with E-state index in [4.69, 9.17) is 14.9 Å². The molecule has 1 heterocycles. The Bertz CT molecular complexity index is 276. The maximum Gasteiger partial charge on any atom is 0.745 e. The summed E-state index contributed by atoms with van der Waals surface area (Å²) in [5, 5.41) is 7.33. The van der Waals surface area contributed by atoms with Gasteiger partial charge in [0.2, 0.25) is 0 Å². The number of rotatable bonds is 2. The monoisotopic (exact) mass is 331 g/mol. The molecular formula is C6H10CuN2O6P2+2. The van der Waals surface area contributed by atoms with Gasteiger partial charge in [-0.05, 0) is 0 Å². The maximum absolute atomic E-state index is 9.39. The predicted octanol–water partition coefficient (Wildman–Crippen LogP) is 1.46. The van der Waals surface area contributed by atoms with E-state index in [0.29, 0.717) is 0 Å². The SMILES string of the molecule is C=CO.O=[P+](O)O[P+](=O)O.[Cu].c1cnccn1. The molecule has 0 spiro atoms. The van der Waals surface area contributed by atoms with E-state index in [1.165, 1.54) is 0 Å². The van der Waals surface area contributed by atoms with Crippen LogP contribution in [0.5, 0.6) is 0 Å². The summed E-state index contributed by atoms with van der Waals surface area (Å²) in [6, 6.07) is 0. The zero-order chi connectivity index (χ0) is 12.8. The van der Waals surface area contributed by atoms with Crippen molar-refractivity contribution in [2.45, 2.75) is 0 Å². The Hall–Kier alpha value is -0.781. The van der Waals surface area contributed by atoms with Gasteiger partial charge in [0, 0.05) is 51.0 Å². The molecule has 0 aliphatic rings. The topological polar surface area (TPSA) is 130 Å². The third-order valence-corrected chi connectivity index (χ3v) is 1.73. The fourth-order valence-electron chi connectivity index (χ4n) is 0.313. The Labute approximate surface area is 110 Å². The van der Waals surface area contributed by atoms with Crippen molar-refractivity contribution >= 4 is 16.5 Å². The van der Waals surface area contributed by atoms with Crippen LogP contribution in [0.3, 0.4) is 0 Å². The average molecular weight is 332 g/mol. The zero-order valence-electron chi connectivity index (χ0n) is 8.25. The molecule has 8 nitrogen and oxygen atoms in total. The molecule has 0 amide bonds. The van der Waals surface area contributed by atoms with Crippen molar-refractivity contribution < 1.29 is 45.4 Å². The minimum absolute atomic E-state index is 0. The van der Waals surface area contributed by atoms with Gasteiger partial charge >= 0.3 is 16.5 Å². The first-order valence-electron chi connectivity index (χ1n) is 3.50. The minimum atomic E-state index is -2.92. The molecule has 0 fully saturated rings. The molecule has 11 heteroatoms. The summed E-state index contributed by atoms with van der Waals surface area (Å²) >= 11 is 0. The number of aliphatic hydroxyl groups is 1. The molecule has 0 aliphatic heterocycles. The molecule has 1 aromatic rings. The minimum Gasteiger partial charge on any atom is -0.516 e. The van der Waals surface area contributed by atoms with Crippen LogP contribution >= 0.6 is 16.5 Å². The van der Waals surface area contributed by atoms with Crippen LogP contribution in [-0.2, 0) is 30.5 Å². The van der Waals surface area contributed by atoms with Crippen molar-refractivity contribution in [3.63, 3.8) is 0 Å². The predicted molar refractivity (Wildman–Crippen MR) is 55.6 cm³/mol. The Morgan fingerprint density at radius 3 is 1.35 bits per heavy atom. The molecule has 1 radical (unpaired) electrons. The van der Waals surface area contributed by atoms with E-state index in [2.05, 4.69) is 20.9 Å². The second kappa shape index (κ2) is 17.6. The molecule has 17 heavy (non-hydrogen) atoms. The van der Waals surface area contributed by atoms with Crippen molar-refractivity contribution in [2.75, 3.05) is 0 Å². The molecule has 0 aromatic carbocycles. The largest absolute Gasteiger partial charge is 0.745 e. The standard InChI is InChI=1S/C4H4N2.C2H4O.Cu.O5P2/c1-2-6-4-3-5-1;1-2-3;;1-6(2)5-7(3)4/h1-4H;2-3H,1H2;;/p+2. The van der Waals surface area contributed by atoms with Crippen LogP contribution in [0.2, 0.25) is 0 Å². The number of aromatic nitrogens is 2. The van der Waals surface area contributed by atoms with Crippen molar-refractivity contribution in [1.29, 1.82) is 0 Å². The molecule has 0 bridgehead atoms. The summed E-state index contributed by atoms with van der Waals surface area (Å²) < 4.78 is 22.2. The molecule has 3 N–H and O–H groups in total. The quantitative estimate of drug-likeness (QED) is 0.422. The van der Waals surface area contributed by atoms with Gasteiger partial charge in [0.05, 0.1) is 6.26 Å². The van der Waals surface area contributed by atoms with Crippen LogP contribution in [0.25, 0.3) is 0 Å². The van der Waals surface area contributed by atoms with Gasteiger partial charge in [0.25, 0.3) is 0 Å². The normalized spacial score (nSPS) is 9.06.